The minimum absolute atomic E-state index is 0.312. The van der Waals surface area contributed by atoms with E-state index in [-0.39, 0.29) is 0 Å². The zero-order chi connectivity index (χ0) is 12.4. The van der Waals surface area contributed by atoms with E-state index >= 15 is 0 Å². The van der Waals surface area contributed by atoms with E-state index in [0.717, 1.165) is 31.9 Å². The average molecular weight is 249 g/mol. The molecule has 0 bridgehead atoms. The molecular weight excluding hydrogens is 226 g/mol. The van der Waals surface area contributed by atoms with E-state index in [1.807, 2.05) is 0 Å². The first-order valence-corrected chi connectivity index (χ1v) is 7.23. The molecule has 1 aromatic rings. The maximum Gasteiger partial charge on any atom is 0.149 e. The van der Waals surface area contributed by atoms with Crippen LogP contribution in [-0.4, -0.2) is 33.9 Å². The van der Waals surface area contributed by atoms with Crippen molar-refractivity contribution in [1.82, 2.24) is 25.4 Å². The first-order valence-electron chi connectivity index (χ1n) is 7.23. The van der Waals surface area contributed by atoms with Crippen LogP contribution in [0.4, 0.5) is 0 Å². The molecule has 1 aromatic heterocycles. The molecule has 1 fully saturated rings. The molecule has 100 valence electrons. The fourth-order valence-electron chi connectivity index (χ4n) is 3.11. The summed E-state index contributed by atoms with van der Waals surface area (Å²) in [6.45, 7) is 5.60. The molecule has 0 saturated carbocycles. The number of rotatable bonds is 3. The van der Waals surface area contributed by atoms with Gasteiger partial charge in [-0.2, -0.15) is 0 Å². The first kappa shape index (κ1) is 12.1. The summed E-state index contributed by atoms with van der Waals surface area (Å²) in [7, 11) is 0. The van der Waals surface area contributed by atoms with Crippen molar-refractivity contribution in [3.05, 3.63) is 11.6 Å². The van der Waals surface area contributed by atoms with Crippen molar-refractivity contribution >= 4 is 0 Å². The molecule has 3 rings (SSSR count). The second-order valence-electron chi connectivity index (χ2n) is 5.50. The maximum atomic E-state index is 4.36. The summed E-state index contributed by atoms with van der Waals surface area (Å²) in [5.74, 6) is 2.29. The summed E-state index contributed by atoms with van der Waals surface area (Å²) in [4.78, 5) is 0. The molecule has 0 radical (unpaired) electrons. The molecule has 0 spiro atoms. The lowest BCUT2D eigenvalue weighted by Crippen LogP contribution is -2.33. The standard InChI is InChI=1S/C13H23N5/c1-10(15-11-4-2-7-14-8-6-11)13-17-16-12-5-3-9-18(12)13/h10-11,14-15H,2-9H2,1H3. The monoisotopic (exact) mass is 249 g/mol. The van der Waals surface area contributed by atoms with Crippen LogP contribution in [0, 0.1) is 0 Å². The molecule has 2 unspecified atom stereocenters. The minimum Gasteiger partial charge on any atom is -0.317 e. The van der Waals surface area contributed by atoms with Crippen molar-refractivity contribution < 1.29 is 0 Å². The number of aromatic nitrogens is 3. The Morgan fingerprint density at radius 3 is 3.17 bits per heavy atom. The average Bonchev–Trinajstić information content (AvgIpc) is 2.87. The zero-order valence-corrected chi connectivity index (χ0v) is 11.2. The molecule has 2 aliphatic rings. The second-order valence-corrected chi connectivity index (χ2v) is 5.50. The zero-order valence-electron chi connectivity index (χ0n) is 11.2. The molecule has 2 atom stereocenters. The van der Waals surface area contributed by atoms with E-state index in [2.05, 4.69) is 32.3 Å². The van der Waals surface area contributed by atoms with Crippen molar-refractivity contribution in [2.75, 3.05) is 13.1 Å². The van der Waals surface area contributed by atoms with Gasteiger partial charge in [0.15, 0.2) is 0 Å². The normalized spacial score (nSPS) is 25.7. The summed E-state index contributed by atoms with van der Waals surface area (Å²) in [6.07, 6.45) is 6.05. The third-order valence-corrected chi connectivity index (χ3v) is 4.09. The Morgan fingerprint density at radius 1 is 1.28 bits per heavy atom. The second kappa shape index (κ2) is 5.36. The predicted molar refractivity (Wildman–Crippen MR) is 70.4 cm³/mol. The fraction of sp³-hybridized carbons (Fsp3) is 0.846. The predicted octanol–water partition coefficient (Wildman–Crippen LogP) is 1.02. The van der Waals surface area contributed by atoms with Crippen molar-refractivity contribution in [3.63, 3.8) is 0 Å². The van der Waals surface area contributed by atoms with Crippen LogP contribution in [-0.2, 0) is 13.0 Å². The molecule has 3 heterocycles. The highest BCUT2D eigenvalue weighted by molar-refractivity contribution is 5.04. The molecular formula is C13H23N5. The number of aryl methyl sites for hydroxylation is 1. The van der Waals surface area contributed by atoms with Crippen molar-refractivity contribution in [2.24, 2.45) is 0 Å². The van der Waals surface area contributed by atoms with Crippen LogP contribution in [0.25, 0.3) is 0 Å². The summed E-state index contributed by atoms with van der Waals surface area (Å²) in [6, 6.07) is 0.928. The number of nitrogens with one attached hydrogen (secondary N) is 2. The van der Waals surface area contributed by atoms with Crippen LogP contribution in [0.15, 0.2) is 0 Å². The lowest BCUT2D eigenvalue weighted by atomic mass is 10.1. The highest BCUT2D eigenvalue weighted by Gasteiger charge is 2.23. The number of nitrogens with zero attached hydrogens (tertiary/aromatic N) is 3. The van der Waals surface area contributed by atoms with E-state index in [0.29, 0.717) is 12.1 Å². The Bertz CT molecular complexity index is 392. The lowest BCUT2D eigenvalue weighted by molar-refractivity contribution is 0.402. The van der Waals surface area contributed by atoms with Gasteiger partial charge in [-0.1, -0.05) is 0 Å². The smallest absolute Gasteiger partial charge is 0.149 e. The lowest BCUT2D eigenvalue weighted by Gasteiger charge is -2.21. The van der Waals surface area contributed by atoms with Crippen LogP contribution in [0.2, 0.25) is 0 Å². The van der Waals surface area contributed by atoms with Gasteiger partial charge in [0.05, 0.1) is 6.04 Å². The minimum atomic E-state index is 0.312. The van der Waals surface area contributed by atoms with Gasteiger partial charge in [0.1, 0.15) is 11.6 Å². The topological polar surface area (TPSA) is 54.8 Å². The van der Waals surface area contributed by atoms with Gasteiger partial charge in [-0.15, -0.1) is 10.2 Å². The van der Waals surface area contributed by atoms with E-state index < -0.39 is 0 Å². The van der Waals surface area contributed by atoms with Gasteiger partial charge < -0.3 is 15.2 Å². The van der Waals surface area contributed by atoms with Gasteiger partial charge >= 0.3 is 0 Å². The quantitative estimate of drug-likeness (QED) is 0.839. The van der Waals surface area contributed by atoms with Gasteiger partial charge in [0.25, 0.3) is 0 Å². The molecule has 2 N–H and O–H groups in total. The molecule has 1 saturated heterocycles. The molecule has 5 heteroatoms. The number of hydrogen-bond acceptors (Lipinski definition) is 4. The summed E-state index contributed by atoms with van der Waals surface area (Å²) in [5.41, 5.74) is 0. The molecule has 5 nitrogen and oxygen atoms in total. The third-order valence-electron chi connectivity index (χ3n) is 4.09. The van der Waals surface area contributed by atoms with E-state index in [1.54, 1.807) is 0 Å². The van der Waals surface area contributed by atoms with Gasteiger partial charge in [0, 0.05) is 19.0 Å². The van der Waals surface area contributed by atoms with E-state index in [9.17, 15) is 0 Å². The Morgan fingerprint density at radius 2 is 2.22 bits per heavy atom. The van der Waals surface area contributed by atoms with Crippen LogP contribution in [0.5, 0.6) is 0 Å². The van der Waals surface area contributed by atoms with Gasteiger partial charge in [-0.05, 0) is 45.7 Å². The van der Waals surface area contributed by atoms with Crippen molar-refractivity contribution in [3.8, 4) is 0 Å². The Balaban J connectivity index is 1.64. The Labute approximate surface area is 108 Å². The SMILES string of the molecule is CC(NC1CCCNCC1)c1nnc2n1CCC2. The summed E-state index contributed by atoms with van der Waals surface area (Å²) < 4.78 is 2.30. The van der Waals surface area contributed by atoms with Gasteiger partial charge in [-0.25, -0.2) is 0 Å². The van der Waals surface area contributed by atoms with Gasteiger partial charge in [0.2, 0.25) is 0 Å². The van der Waals surface area contributed by atoms with Crippen molar-refractivity contribution in [1.29, 1.82) is 0 Å². The molecule has 0 amide bonds. The molecule has 0 aromatic carbocycles. The number of hydrogen-bond donors (Lipinski definition) is 2. The van der Waals surface area contributed by atoms with Crippen LogP contribution < -0.4 is 10.6 Å². The first-order chi connectivity index (χ1) is 8.84. The number of fused-ring (bicyclic) bond motifs is 1. The highest BCUT2D eigenvalue weighted by atomic mass is 15.3. The van der Waals surface area contributed by atoms with E-state index in [4.69, 9.17) is 0 Å². The van der Waals surface area contributed by atoms with Gasteiger partial charge in [-0.3, -0.25) is 0 Å². The Kier molecular flexibility index (Phi) is 3.61. The molecule has 18 heavy (non-hydrogen) atoms. The summed E-state index contributed by atoms with van der Waals surface area (Å²) in [5, 5.41) is 15.8. The van der Waals surface area contributed by atoms with Crippen LogP contribution in [0.3, 0.4) is 0 Å². The fourth-order valence-corrected chi connectivity index (χ4v) is 3.11. The van der Waals surface area contributed by atoms with Crippen molar-refractivity contribution in [2.45, 2.75) is 57.7 Å². The highest BCUT2D eigenvalue weighted by Crippen LogP contribution is 2.20. The third kappa shape index (κ3) is 2.42. The Hall–Kier alpha value is -0.940. The van der Waals surface area contributed by atoms with Crippen LogP contribution in [0.1, 0.15) is 50.3 Å². The van der Waals surface area contributed by atoms with E-state index in [1.165, 1.54) is 31.5 Å². The maximum absolute atomic E-state index is 4.36. The molecule has 0 aliphatic carbocycles. The summed E-state index contributed by atoms with van der Waals surface area (Å²) >= 11 is 0. The molecule has 2 aliphatic heterocycles. The van der Waals surface area contributed by atoms with Crippen LogP contribution >= 0.6 is 0 Å². The largest absolute Gasteiger partial charge is 0.317 e.